The molecule has 2 heterocycles. The van der Waals surface area contributed by atoms with Gasteiger partial charge in [0.05, 0.1) is 17.7 Å². The van der Waals surface area contributed by atoms with Crippen molar-refractivity contribution >= 4 is 11.9 Å². The second-order valence-electron chi connectivity index (χ2n) is 7.58. The molecule has 2 aromatic rings. The van der Waals surface area contributed by atoms with E-state index in [4.69, 9.17) is 9.84 Å². The summed E-state index contributed by atoms with van der Waals surface area (Å²) in [5, 5.41) is 19.6. The van der Waals surface area contributed by atoms with E-state index in [1.165, 1.54) is 0 Å². The Kier molecular flexibility index (Phi) is 5.67. The highest BCUT2D eigenvalue weighted by atomic mass is 16.5. The molecule has 6 heteroatoms. The number of hydrogen-bond donors (Lipinski definition) is 2. The maximum atomic E-state index is 12.9. The molecule has 0 aromatic heterocycles. The molecule has 2 aliphatic rings. The first-order valence-corrected chi connectivity index (χ1v) is 9.97. The molecule has 0 radical (unpaired) electrons. The van der Waals surface area contributed by atoms with Gasteiger partial charge in [0.15, 0.2) is 5.76 Å². The van der Waals surface area contributed by atoms with Crippen molar-refractivity contribution in [2.24, 2.45) is 0 Å². The van der Waals surface area contributed by atoms with Gasteiger partial charge in [-0.05, 0) is 36.3 Å². The first-order valence-electron chi connectivity index (χ1n) is 9.97. The lowest BCUT2D eigenvalue weighted by atomic mass is 10.0. The van der Waals surface area contributed by atoms with Crippen LogP contribution < -0.4 is 4.74 Å². The van der Waals surface area contributed by atoms with Gasteiger partial charge in [-0.25, -0.2) is 0 Å². The van der Waals surface area contributed by atoms with Crippen LogP contribution in [-0.2, 0) is 6.54 Å². The number of fused-ring (bicyclic) bond motifs is 1. The number of aliphatic hydroxyl groups is 1. The Morgan fingerprint density at radius 2 is 1.79 bits per heavy atom. The zero-order chi connectivity index (χ0) is 20.4. The molecule has 6 nitrogen and oxygen atoms in total. The van der Waals surface area contributed by atoms with Gasteiger partial charge in [-0.15, -0.1) is 0 Å². The number of aryl methyl sites for hydroxylation is 1. The number of carbonyl (C=O) groups is 1. The fourth-order valence-corrected chi connectivity index (χ4v) is 3.88. The Morgan fingerprint density at radius 1 is 1.07 bits per heavy atom. The lowest BCUT2D eigenvalue weighted by Gasteiger charge is -2.34. The number of Topliss-reactive ketones (excluding diaryl/α,β-unsaturated/α-hetero) is 1. The summed E-state index contributed by atoms with van der Waals surface area (Å²) in [5.41, 5.74) is 3.15. The highest BCUT2D eigenvalue weighted by Crippen LogP contribution is 2.40. The molecule has 0 spiro atoms. The van der Waals surface area contributed by atoms with Gasteiger partial charge in [-0.2, -0.15) is 0 Å². The summed E-state index contributed by atoms with van der Waals surface area (Å²) >= 11 is 0. The Morgan fingerprint density at radius 3 is 2.52 bits per heavy atom. The topological polar surface area (TPSA) is 73.2 Å². The number of nitrogens with zero attached hydrogens (tertiary/aromatic N) is 2. The number of phenols is 1. The van der Waals surface area contributed by atoms with Crippen LogP contribution in [0, 0.1) is 6.92 Å². The van der Waals surface area contributed by atoms with Crippen LogP contribution >= 0.6 is 0 Å². The van der Waals surface area contributed by atoms with E-state index in [1.807, 2.05) is 31.2 Å². The predicted molar refractivity (Wildman–Crippen MR) is 111 cm³/mol. The van der Waals surface area contributed by atoms with Gasteiger partial charge in [0.25, 0.3) is 0 Å². The zero-order valence-corrected chi connectivity index (χ0v) is 16.6. The Bertz CT molecular complexity index is 946. The van der Waals surface area contributed by atoms with Gasteiger partial charge in [0.1, 0.15) is 11.5 Å². The number of rotatable bonds is 5. The van der Waals surface area contributed by atoms with Crippen LogP contribution in [-0.4, -0.2) is 65.1 Å². The van der Waals surface area contributed by atoms with E-state index in [0.717, 1.165) is 37.3 Å². The fourth-order valence-electron chi connectivity index (χ4n) is 3.88. The molecule has 0 saturated carbocycles. The van der Waals surface area contributed by atoms with E-state index in [2.05, 4.69) is 9.80 Å². The van der Waals surface area contributed by atoms with Crippen molar-refractivity contribution in [1.29, 1.82) is 0 Å². The van der Waals surface area contributed by atoms with Gasteiger partial charge < -0.3 is 14.9 Å². The smallest absolute Gasteiger partial charge is 0.231 e. The Labute approximate surface area is 170 Å². The maximum Gasteiger partial charge on any atom is 0.231 e. The molecule has 0 atom stereocenters. The molecule has 0 aliphatic carbocycles. The first kappa shape index (κ1) is 19.6. The summed E-state index contributed by atoms with van der Waals surface area (Å²) in [4.78, 5) is 17.3. The number of β-amino-alcohol motifs (C(OH)–C–C–N with tert-alkyl or cyclic N) is 1. The zero-order valence-electron chi connectivity index (χ0n) is 16.6. The fraction of sp³-hybridized carbons (Fsp3) is 0.348. The van der Waals surface area contributed by atoms with E-state index in [-0.39, 0.29) is 23.9 Å². The number of phenolic OH excluding ortho intramolecular Hbond substituents is 1. The van der Waals surface area contributed by atoms with Gasteiger partial charge in [-0.3, -0.25) is 14.6 Å². The molecule has 0 amide bonds. The molecule has 0 bridgehead atoms. The number of ketones is 1. The summed E-state index contributed by atoms with van der Waals surface area (Å²) in [6.45, 7) is 6.78. The summed E-state index contributed by atoms with van der Waals surface area (Å²) in [7, 11) is 0. The molecule has 4 rings (SSSR count). The normalized spacial score (nSPS) is 18.8. The van der Waals surface area contributed by atoms with Gasteiger partial charge in [0.2, 0.25) is 5.78 Å². The summed E-state index contributed by atoms with van der Waals surface area (Å²) in [6.07, 6.45) is 1.77. The first-order chi connectivity index (χ1) is 14.1. The van der Waals surface area contributed by atoms with Crippen LogP contribution in [0.3, 0.4) is 0 Å². The largest absolute Gasteiger partial charge is 0.507 e. The number of aromatic hydroxyl groups is 1. The lowest BCUT2D eigenvalue weighted by molar-refractivity contribution is 0.101. The third kappa shape index (κ3) is 4.05. The van der Waals surface area contributed by atoms with Gasteiger partial charge in [0, 0.05) is 39.3 Å². The quantitative estimate of drug-likeness (QED) is 0.759. The van der Waals surface area contributed by atoms with Crippen LogP contribution in [0.15, 0.2) is 42.2 Å². The van der Waals surface area contributed by atoms with Crippen LogP contribution in [0.1, 0.15) is 27.0 Å². The average Bonchev–Trinajstić information content (AvgIpc) is 3.03. The van der Waals surface area contributed by atoms with E-state index in [0.29, 0.717) is 30.0 Å². The molecule has 1 fully saturated rings. The van der Waals surface area contributed by atoms with Crippen LogP contribution in [0.4, 0.5) is 0 Å². The van der Waals surface area contributed by atoms with E-state index >= 15 is 0 Å². The number of hydrogen-bond acceptors (Lipinski definition) is 6. The highest BCUT2D eigenvalue weighted by molar-refractivity contribution is 6.15. The van der Waals surface area contributed by atoms with Crippen molar-refractivity contribution < 1.29 is 19.7 Å². The monoisotopic (exact) mass is 394 g/mol. The third-order valence-electron chi connectivity index (χ3n) is 5.65. The second kappa shape index (κ2) is 8.37. The van der Waals surface area contributed by atoms with Crippen molar-refractivity contribution in [3.05, 3.63) is 64.4 Å². The van der Waals surface area contributed by atoms with Gasteiger partial charge >= 0.3 is 0 Å². The number of carbonyl (C=O) groups excluding carboxylic acids is 1. The SMILES string of the molecule is Cc1ccccc1/C=C1/Oc2c(ccc(O)c2CN2CCN(CCO)CC2)C1=O. The van der Waals surface area contributed by atoms with Crippen molar-refractivity contribution in [3.63, 3.8) is 0 Å². The van der Waals surface area contributed by atoms with E-state index in [9.17, 15) is 9.90 Å². The molecule has 2 N–H and O–H groups in total. The molecule has 2 aromatic carbocycles. The second-order valence-corrected chi connectivity index (χ2v) is 7.58. The summed E-state index contributed by atoms with van der Waals surface area (Å²) < 4.78 is 5.97. The molecular formula is C23H26N2O4. The number of ether oxygens (including phenoxy) is 1. The van der Waals surface area contributed by atoms with Crippen LogP contribution in [0.25, 0.3) is 6.08 Å². The van der Waals surface area contributed by atoms with Crippen molar-refractivity contribution in [1.82, 2.24) is 9.80 Å². The molecule has 1 saturated heterocycles. The third-order valence-corrected chi connectivity index (χ3v) is 5.65. The minimum absolute atomic E-state index is 0.145. The molecule has 29 heavy (non-hydrogen) atoms. The Balaban J connectivity index is 1.56. The minimum atomic E-state index is -0.155. The predicted octanol–water partition coefficient (Wildman–Crippen LogP) is 2.43. The number of aliphatic hydroxyl groups excluding tert-OH is 1. The van der Waals surface area contributed by atoms with Crippen LogP contribution in [0.2, 0.25) is 0 Å². The van der Waals surface area contributed by atoms with Gasteiger partial charge in [-0.1, -0.05) is 24.3 Å². The lowest BCUT2D eigenvalue weighted by Crippen LogP contribution is -2.46. The average molecular weight is 394 g/mol. The highest BCUT2D eigenvalue weighted by Gasteiger charge is 2.32. The molecule has 152 valence electrons. The minimum Gasteiger partial charge on any atom is -0.507 e. The van der Waals surface area contributed by atoms with Crippen LogP contribution in [0.5, 0.6) is 11.5 Å². The molecular weight excluding hydrogens is 368 g/mol. The van der Waals surface area contributed by atoms with E-state index in [1.54, 1.807) is 18.2 Å². The molecule has 0 unspecified atom stereocenters. The molecule has 2 aliphatic heterocycles. The maximum absolute atomic E-state index is 12.9. The van der Waals surface area contributed by atoms with Crippen molar-refractivity contribution in [2.75, 3.05) is 39.3 Å². The van der Waals surface area contributed by atoms with Crippen molar-refractivity contribution in [2.45, 2.75) is 13.5 Å². The number of piperazine rings is 1. The summed E-state index contributed by atoms with van der Waals surface area (Å²) in [5.74, 6) is 0.741. The van der Waals surface area contributed by atoms with E-state index < -0.39 is 0 Å². The Hall–Kier alpha value is -2.67. The summed E-state index contributed by atoms with van der Waals surface area (Å²) in [6, 6.07) is 11.0. The standard InChI is InChI=1S/C23H26N2O4/c1-16-4-2-3-5-17(16)14-21-22(28)18-6-7-20(27)19(23(18)29-21)15-25-10-8-24(9-11-25)12-13-26/h2-7,14,26-27H,8-13,15H2,1H3/b21-14+. The number of allylic oxidation sites excluding steroid dienone is 1. The van der Waals surface area contributed by atoms with Crippen molar-refractivity contribution in [3.8, 4) is 11.5 Å². The number of benzene rings is 2.